The SMILES string of the molecule is CCc1cc(Br)ccc1NC(=O)N1CCOCC1. The van der Waals surface area contributed by atoms with Crippen LogP contribution in [-0.2, 0) is 11.2 Å². The normalized spacial score (nSPS) is 15.6. The Bertz CT molecular complexity index is 431. The summed E-state index contributed by atoms with van der Waals surface area (Å²) in [6, 6.07) is 5.86. The fourth-order valence-corrected chi connectivity index (χ4v) is 2.35. The van der Waals surface area contributed by atoms with Gasteiger partial charge in [-0.05, 0) is 30.2 Å². The van der Waals surface area contributed by atoms with Gasteiger partial charge >= 0.3 is 6.03 Å². The average Bonchev–Trinajstić information content (AvgIpc) is 2.41. The lowest BCUT2D eigenvalue weighted by atomic mass is 10.1. The summed E-state index contributed by atoms with van der Waals surface area (Å²) in [4.78, 5) is 13.9. The topological polar surface area (TPSA) is 41.6 Å². The Morgan fingerprint density at radius 2 is 2.17 bits per heavy atom. The van der Waals surface area contributed by atoms with Gasteiger partial charge in [-0.3, -0.25) is 0 Å². The number of benzene rings is 1. The smallest absolute Gasteiger partial charge is 0.322 e. The van der Waals surface area contributed by atoms with E-state index < -0.39 is 0 Å². The van der Waals surface area contributed by atoms with Gasteiger partial charge in [-0.25, -0.2) is 4.79 Å². The third-order valence-corrected chi connectivity index (χ3v) is 3.48. The quantitative estimate of drug-likeness (QED) is 0.912. The van der Waals surface area contributed by atoms with Gasteiger partial charge in [0.1, 0.15) is 0 Å². The second-order valence-electron chi connectivity index (χ2n) is 4.18. The first-order valence-corrected chi connectivity index (χ1v) is 6.92. The van der Waals surface area contributed by atoms with E-state index in [-0.39, 0.29) is 6.03 Å². The van der Waals surface area contributed by atoms with E-state index in [1.165, 1.54) is 0 Å². The van der Waals surface area contributed by atoms with Crippen LogP contribution in [0.3, 0.4) is 0 Å². The van der Waals surface area contributed by atoms with Crippen LogP contribution in [0.15, 0.2) is 22.7 Å². The van der Waals surface area contributed by atoms with Crippen molar-refractivity contribution in [2.24, 2.45) is 0 Å². The van der Waals surface area contributed by atoms with Gasteiger partial charge in [0.25, 0.3) is 0 Å². The number of hydrogen-bond acceptors (Lipinski definition) is 2. The van der Waals surface area contributed by atoms with E-state index in [9.17, 15) is 4.79 Å². The van der Waals surface area contributed by atoms with Crippen LogP contribution in [0, 0.1) is 0 Å². The number of nitrogens with zero attached hydrogens (tertiary/aromatic N) is 1. The van der Waals surface area contributed by atoms with Crippen molar-refractivity contribution in [1.82, 2.24) is 4.90 Å². The van der Waals surface area contributed by atoms with Gasteiger partial charge in [-0.1, -0.05) is 22.9 Å². The minimum Gasteiger partial charge on any atom is -0.378 e. The molecule has 1 N–H and O–H groups in total. The molecule has 1 aromatic rings. The van der Waals surface area contributed by atoms with Gasteiger partial charge in [0, 0.05) is 23.2 Å². The highest BCUT2D eigenvalue weighted by Crippen LogP contribution is 2.22. The first-order valence-electron chi connectivity index (χ1n) is 6.13. The summed E-state index contributed by atoms with van der Waals surface area (Å²) < 4.78 is 6.26. The molecule has 0 unspecified atom stereocenters. The third-order valence-electron chi connectivity index (χ3n) is 2.99. The fourth-order valence-electron chi connectivity index (χ4n) is 1.94. The summed E-state index contributed by atoms with van der Waals surface area (Å²) in [7, 11) is 0. The van der Waals surface area contributed by atoms with Crippen LogP contribution in [0.25, 0.3) is 0 Å². The molecule has 98 valence electrons. The number of rotatable bonds is 2. The molecule has 5 heteroatoms. The number of anilines is 1. The number of aryl methyl sites for hydroxylation is 1. The Kier molecular flexibility index (Phi) is 4.60. The summed E-state index contributed by atoms with van der Waals surface area (Å²) in [6.45, 7) is 4.63. The van der Waals surface area contributed by atoms with Gasteiger partial charge in [0.2, 0.25) is 0 Å². The molecule has 1 saturated heterocycles. The van der Waals surface area contributed by atoms with Crippen LogP contribution in [-0.4, -0.2) is 37.2 Å². The molecule has 0 radical (unpaired) electrons. The number of morpholine rings is 1. The van der Waals surface area contributed by atoms with E-state index in [0.717, 1.165) is 22.1 Å². The Morgan fingerprint density at radius 3 is 2.83 bits per heavy atom. The molecule has 0 aliphatic carbocycles. The highest BCUT2D eigenvalue weighted by molar-refractivity contribution is 9.10. The number of ether oxygens (including phenoxy) is 1. The summed E-state index contributed by atoms with van der Waals surface area (Å²) in [5.74, 6) is 0. The van der Waals surface area contributed by atoms with Gasteiger partial charge in [-0.2, -0.15) is 0 Å². The number of hydrogen-bond donors (Lipinski definition) is 1. The van der Waals surface area contributed by atoms with E-state index in [2.05, 4.69) is 28.2 Å². The van der Waals surface area contributed by atoms with E-state index in [1.54, 1.807) is 4.90 Å². The van der Waals surface area contributed by atoms with Crippen LogP contribution in [0.2, 0.25) is 0 Å². The average molecular weight is 313 g/mol. The molecule has 1 aromatic carbocycles. The maximum atomic E-state index is 12.1. The number of amides is 2. The second kappa shape index (κ2) is 6.20. The molecular formula is C13H17BrN2O2. The van der Waals surface area contributed by atoms with Crippen LogP contribution in [0.5, 0.6) is 0 Å². The molecule has 1 aliphatic heterocycles. The highest BCUT2D eigenvalue weighted by atomic mass is 79.9. The molecule has 1 aliphatic rings. The van der Waals surface area contributed by atoms with Crippen molar-refractivity contribution in [2.45, 2.75) is 13.3 Å². The van der Waals surface area contributed by atoms with E-state index in [1.807, 2.05) is 18.2 Å². The summed E-state index contributed by atoms with van der Waals surface area (Å²) in [5.41, 5.74) is 2.02. The number of halogens is 1. The first kappa shape index (κ1) is 13.4. The number of urea groups is 1. The molecule has 2 amide bonds. The zero-order valence-corrected chi connectivity index (χ0v) is 12.0. The van der Waals surface area contributed by atoms with Crippen molar-refractivity contribution in [3.8, 4) is 0 Å². The largest absolute Gasteiger partial charge is 0.378 e. The molecule has 4 nitrogen and oxygen atoms in total. The maximum absolute atomic E-state index is 12.1. The lowest BCUT2D eigenvalue weighted by Crippen LogP contribution is -2.43. The van der Waals surface area contributed by atoms with Gasteiger partial charge in [-0.15, -0.1) is 0 Å². The predicted octanol–water partition coefficient (Wildman–Crippen LogP) is 2.88. The maximum Gasteiger partial charge on any atom is 0.322 e. The van der Waals surface area contributed by atoms with Gasteiger partial charge in [0.05, 0.1) is 13.2 Å². The predicted molar refractivity (Wildman–Crippen MR) is 74.9 cm³/mol. The third kappa shape index (κ3) is 3.23. The van der Waals surface area contributed by atoms with Crippen LogP contribution >= 0.6 is 15.9 Å². The number of carbonyl (C=O) groups excluding carboxylic acids is 1. The molecule has 18 heavy (non-hydrogen) atoms. The summed E-state index contributed by atoms with van der Waals surface area (Å²) >= 11 is 3.44. The molecule has 0 bridgehead atoms. The minimum atomic E-state index is -0.0460. The van der Waals surface area contributed by atoms with Crippen LogP contribution in [0.1, 0.15) is 12.5 Å². The molecule has 1 fully saturated rings. The number of carbonyl (C=O) groups is 1. The standard InChI is InChI=1S/C13H17BrN2O2/c1-2-10-9-11(14)3-4-12(10)15-13(17)16-5-7-18-8-6-16/h3-4,9H,2,5-8H2,1H3,(H,15,17). The van der Waals surface area contributed by atoms with E-state index in [4.69, 9.17) is 4.74 Å². The zero-order valence-electron chi connectivity index (χ0n) is 10.4. The lowest BCUT2D eigenvalue weighted by Gasteiger charge is -2.27. The van der Waals surface area contributed by atoms with Crippen LogP contribution < -0.4 is 5.32 Å². The molecule has 0 spiro atoms. The molecule has 0 saturated carbocycles. The lowest BCUT2D eigenvalue weighted by molar-refractivity contribution is 0.0564. The van der Waals surface area contributed by atoms with E-state index >= 15 is 0 Å². The van der Waals surface area contributed by atoms with Crippen molar-refractivity contribution in [3.05, 3.63) is 28.2 Å². The Hall–Kier alpha value is -1.07. The molecular weight excluding hydrogens is 296 g/mol. The van der Waals surface area contributed by atoms with Crippen molar-refractivity contribution in [3.63, 3.8) is 0 Å². The molecule has 2 rings (SSSR count). The summed E-state index contributed by atoms with van der Waals surface area (Å²) in [6.07, 6.45) is 0.887. The molecule has 0 aromatic heterocycles. The van der Waals surface area contributed by atoms with E-state index in [0.29, 0.717) is 26.3 Å². The monoisotopic (exact) mass is 312 g/mol. The first-order chi connectivity index (χ1) is 8.70. The van der Waals surface area contributed by atoms with Crippen molar-refractivity contribution in [1.29, 1.82) is 0 Å². The Balaban J connectivity index is 2.06. The van der Waals surface area contributed by atoms with Crippen LogP contribution in [0.4, 0.5) is 10.5 Å². The highest BCUT2D eigenvalue weighted by Gasteiger charge is 2.17. The second-order valence-corrected chi connectivity index (χ2v) is 5.10. The fraction of sp³-hybridized carbons (Fsp3) is 0.462. The van der Waals surface area contributed by atoms with Gasteiger partial charge in [0.15, 0.2) is 0 Å². The van der Waals surface area contributed by atoms with Crippen molar-refractivity contribution < 1.29 is 9.53 Å². The van der Waals surface area contributed by atoms with Gasteiger partial charge < -0.3 is 15.0 Å². The number of nitrogens with one attached hydrogen (secondary N) is 1. The summed E-state index contributed by atoms with van der Waals surface area (Å²) in [5, 5.41) is 2.97. The van der Waals surface area contributed by atoms with Crippen molar-refractivity contribution in [2.75, 3.05) is 31.6 Å². The van der Waals surface area contributed by atoms with Crippen molar-refractivity contribution >= 4 is 27.6 Å². The Morgan fingerprint density at radius 1 is 1.44 bits per heavy atom. The molecule has 0 atom stereocenters. The Labute approximate surface area is 115 Å². The molecule has 1 heterocycles. The zero-order chi connectivity index (χ0) is 13.0. The minimum absolute atomic E-state index is 0.0460.